The molecule has 160 valence electrons. The van der Waals surface area contributed by atoms with E-state index in [2.05, 4.69) is 36.9 Å². The molecular weight excluding hydrogens is 410 g/mol. The van der Waals surface area contributed by atoms with Crippen LogP contribution in [0.2, 0.25) is 0 Å². The van der Waals surface area contributed by atoms with Gasteiger partial charge in [0.1, 0.15) is 6.54 Å². The van der Waals surface area contributed by atoms with Crippen molar-refractivity contribution in [2.24, 2.45) is 0 Å². The summed E-state index contributed by atoms with van der Waals surface area (Å²) in [5, 5.41) is -0.394. The zero-order valence-corrected chi connectivity index (χ0v) is 18.5. The largest absolute Gasteiger partial charge is 0.368 e. The molecule has 31 heavy (non-hydrogen) atoms. The summed E-state index contributed by atoms with van der Waals surface area (Å²) in [6.45, 7) is 6.61. The van der Waals surface area contributed by atoms with Crippen LogP contribution in [0.15, 0.2) is 53.4 Å². The summed E-state index contributed by atoms with van der Waals surface area (Å²) in [6.07, 6.45) is 1.69. The first kappa shape index (κ1) is 21.2. The Balaban J connectivity index is 1.37. The summed E-state index contributed by atoms with van der Waals surface area (Å²) in [5.74, 6) is -0.593. The summed E-state index contributed by atoms with van der Waals surface area (Å²) >= 11 is 0.885. The van der Waals surface area contributed by atoms with Gasteiger partial charge < -0.3 is 9.80 Å². The third-order valence-electron chi connectivity index (χ3n) is 5.81. The van der Waals surface area contributed by atoms with E-state index in [1.165, 1.54) is 16.8 Å². The van der Waals surface area contributed by atoms with Crippen LogP contribution in [0.5, 0.6) is 0 Å². The number of nitrogens with zero attached hydrogens (tertiary/aromatic N) is 3. The highest BCUT2D eigenvalue weighted by molar-refractivity contribution is 8.18. The molecule has 2 aromatic carbocycles. The molecule has 0 unspecified atom stereocenters. The van der Waals surface area contributed by atoms with Crippen molar-refractivity contribution in [1.82, 2.24) is 9.80 Å². The van der Waals surface area contributed by atoms with Crippen molar-refractivity contribution in [3.8, 4) is 0 Å². The second kappa shape index (κ2) is 8.98. The number of thioether (sulfide) groups is 1. The fraction of sp³-hybridized carbons (Fsp3) is 0.292. The molecule has 0 saturated carbocycles. The van der Waals surface area contributed by atoms with E-state index in [1.807, 2.05) is 30.3 Å². The maximum atomic E-state index is 12.8. The molecule has 2 aliphatic heterocycles. The van der Waals surface area contributed by atoms with Gasteiger partial charge in [0.2, 0.25) is 5.91 Å². The number of hydrogen-bond donors (Lipinski definition) is 0. The molecule has 0 bridgehead atoms. The number of carbonyl (C=O) groups is 3. The van der Waals surface area contributed by atoms with Crippen molar-refractivity contribution in [3.05, 3.63) is 70.1 Å². The Labute approximate surface area is 186 Å². The van der Waals surface area contributed by atoms with Gasteiger partial charge in [0.05, 0.1) is 4.91 Å². The van der Waals surface area contributed by atoms with Gasteiger partial charge in [-0.1, -0.05) is 42.5 Å². The highest BCUT2D eigenvalue weighted by Crippen LogP contribution is 2.32. The average molecular weight is 436 g/mol. The first-order valence-corrected chi connectivity index (χ1v) is 11.1. The molecule has 4 rings (SSSR count). The van der Waals surface area contributed by atoms with E-state index < -0.39 is 11.1 Å². The van der Waals surface area contributed by atoms with Crippen LogP contribution in [0.1, 0.15) is 16.7 Å². The fourth-order valence-corrected chi connectivity index (χ4v) is 4.69. The molecule has 2 aromatic rings. The van der Waals surface area contributed by atoms with Crippen molar-refractivity contribution in [2.45, 2.75) is 13.8 Å². The fourth-order valence-electron chi connectivity index (χ4n) is 3.85. The van der Waals surface area contributed by atoms with Crippen LogP contribution in [0, 0.1) is 13.8 Å². The zero-order valence-electron chi connectivity index (χ0n) is 17.7. The Bertz CT molecular complexity index is 1040. The smallest absolute Gasteiger partial charge is 0.294 e. The van der Waals surface area contributed by atoms with Crippen molar-refractivity contribution < 1.29 is 14.4 Å². The third-order valence-corrected chi connectivity index (χ3v) is 6.72. The van der Waals surface area contributed by atoms with Gasteiger partial charge in [-0.3, -0.25) is 19.3 Å². The van der Waals surface area contributed by atoms with E-state index in [0.717, 1.165) is 35.3 Å². The van der Waals surface area contributed by atoms with E-state index in [4.69, 9.17) is 0 Å². The van der Waals surface area contributed by atoms with Gasteiger partial charge in [0, 0.05) is 31.9 Å². The van der Waals surface area contributed by atoms with Gasteiger partial charge in [-0.2, -0.15) is 0 Å². The minimum Gasteiger partial charge on any atom is -0.368 e. The van der Waals surface area contributed by atoms with Crippen LogP contribution < -0.4 is 4.90 Å². The number of imide groups is 1. The molecule has 0 spiro atoms. The molecule has 3 amide bonds. The molecule has 2 aliphatic rings. The lowest BCUT2D eigenvalue weighted by atomic mass is 10.1. The summed E-state index contributed by atoms with van der Waals surface area (Å²) in [5.41, 5.74) is 4.55. The second-order valence-electron chi connectivity index (χ2n) is 7.77. The molecular formula is C24H25N3O3S. The normalized spacial score (nSPS) is 18.3. The number of rotatable bonds is 4. The van der Waals surface area contributed by atoms with Crippen molar-refractivity contribution in [2.75, 3.05) is 37.6 Å². The number of aryl methyl sites for hydroxylation is 1. The molecule has 2 heterocycles. The van der Waals surface area contributed by atoms with E-state index in [-0.39, 0.29) is 12.5 Å². The maximum absolute atomic E-state index is 12.8. The number of anilines is 1. The van der Waals surface area contributed by atoms with Crippen LogP contribution >= 0.6 is 11.8 Å². The van der Waals surface area contributed by atoms with Gasteiger partial charge in [0.25, 0.3) is 11.1 Å². The minimum absolute atomic E-state index is 0.191. The number of amides is 3. The molecule has 0 aliphatic carbocycles. The minimum atomic E-state index is -0.402. The van der Waals surface area contributed by atoms with Crippen molar-refractivity contribution in [1.29, 1.82) is 0 Å². The lowest BCUT2D eigenvalue weighted by molar-refractivity contribution is -0.136. The van der Waals surface area contributed by atoms with Gasteiger partial charge in [-0.05, 0) is 54.4 Å². The first-order valence-electron chi connectivity index (χ1n) is 10.3. The van der Waals surface area contributed by atoms with Gasteiger partial charge >= 0.3 is 0 Å². The monoisotopic (exact) mass is 435 g/mol. The second-order valence-corrected chi connectivity index (χ2v) is 8.76. The van der Waals surface area contributed by atoms with Gasteiger partial charge in [-0.15, -0.1) is 0 Å². The molecule has 2 fully saturated rings. The van der Waals surface area contributed by atoms with E-state index in [0.29, 0.717) is 18.0 Å². The van der Waals surface area contributed by atoms with E-state index in [1.54, 1.807) is 11.0 Å². The van der Waals surface area contributed by atoms with Crippen molar-refractivity contribution in [3.63, 3.8) is 0 Å². The van der Waals surface area contributed by atoms with Crippen LogP contribution in [-0.2, 0) is 9.59 Å². The summed E-state index contributed by atoms with van der Waals surface area (Å²) in [7, 11) is 0. The lowest BCUT2D eigenvalue weighted by Gasteiger charge is -2.37. The predicted octanol–water partition coefficient (Wildman–Crippen LogP) is 3.69. The van der Waals surface area contributed by atoms with Crippen LogP contribution in [0.3, 0.4) is 0 Å². The summed E-state index contributed by atoms with van der Waals surface area (Å²) < 4.78 is 0. The Hall–Kier alpha value is -3.06. The maximum Gasteiger partial charge on any atom is 0.294 e. The molecule has 0 N–H and O–H groups in total. The number of hydrogen-bond acceptors (Lipinski definition) is 5. The van der Waals surface area contributed by atoms with Crippen LogP contribution in [0.25, 0.3) is 6.08 Å². The van der Waals surface area contributed by atoms with Gasteiger partial charge in [-0.25, -0.2) is 0 Å². The number of benzene rings is 2. The standard InChI is InChI=1S/C24H25N3O3S/c1-17-7-6-10-20(18(17)2)25-11-13-26(14-12-25)22(28)16-27-23(29)21(31-24(27)30)15-19-8-4-3-5-9-19/h3-10,15H,11-14,16H2,1-2H3/b21-15+. The Morgan fingerprint density at radius 1 is 0.968 bits per heavy atom. The molecule has 2 saturated heterocycles. The van der Waals surface area contributed by atoms with Crippen LogP contribution in [-0.4, -0.2) is 59.6 Å². The highest BCUT2D eigenvalue weighted by Gasteiger charge is 2.37. The van der Waals surface area contributed by atoms with Crippen LogP contribution in [0.4, 0.5) is 10.5 Å². The predicted molar refractivity (Wildman–Crippen MR) is 124 cm³/mol. The SMILES string of the molecule is Cc1cccc(N2CCN(C(=O)CN3C(=O)S/C(=C/c4ccccc4)C3=O)CC2)c1C. The van der Waals surface area contributed by atoms with E-state index in [9.17, 15) is 14.4 Å². The molecule has 0 radical (unpaired) electrons. The number of piperazine rings is 1. The third kappa shape index (κ3) is 4.51. The first-order chi connectivity index (χ1) is 14.9. The average Bonchev–Trinajstić information content (AvgIpc) is 3.04. The molecule has 7 heteroatoms. The topological polar surface area (TPSA) is 60.9 Å². The lowest BCUT2D eigenvalue weighted by Crippen LogP contribution is -2.51. The quantitative estimate of drug-likeness (QED) is 0.686. The molecule has 0 aromatic heterocycles. The van der Waals surface area contributed by atoms with E-state index >= 15 is 0 Å². The highest BCUT2D eigenvalue weighted by atomic mass is 32.2. The zero-order chi connectivity index (χ0) is 22.0. The summed E-state index contributed by atoms with van der Waals surface area (Å²) in [4.78, 5) is 43.3. The van der Waals surface area contributed by atoms with Crippen molar-refractivity contribution >= 4 is 40.6 Å². The summed E-state index contributed by atoms with van der Waals surface area (Å²) in [6, 6.07) is 15.6. The Kier molecular flexibility index (Phi) is 6.13. The van der Waals surface area contributed by atoms with Gasteiger partial charge in [0.15, 0.2) is 0 Å². The molecule has 6 nitrogen and oxygen atoms in total. The Morgan fingerprint density at radius 3 is 2.39 bits per heavy atom. The molecule has 0 atom stereocenters. The number of carbonyl (C=O) groups excluding carboxylic acids is 3. The Morgan fingerprint density at radius 2 is 1.68 bits per heavy atom.